The normalized spacial score (nSPS) is 10.0. The Bertz CT molecular complexity index is 367. The molecule has 6 nitrogen and oxygen atoms in total. The van der Waals surface area contributed by atoms with Crippen LogP contribution in [0, 0.1) is 0 Å². The first-order valence-electron chi connectivity index (χ1n) is 3.33. The Morgan fingerprint density at radius 2 is 2.25 bits per heavy atom. The molecule has 0 aliphatic heterocycles. The number of pyridine rings is 1. The van der Waals surface area contributed by atoms with Gasteiger partial charge in [0, 0.05) is 6.20 Å². The van der Waals surface area contributed by atoms with E-state index in [1.165, 1.54) is 4.68 Å². The van der Waals surface area contributed by atoms with Crippen molar-refractivity contribution >= 4 is 5.95 Å². The summed E-state index contributed by atoms with van der Waals surface area (Å²) in [5, 5.41) is 10.6. The van der Waals surface area contributed by atoms with E-state index >= 15 is 0 Å². The lowest BCUT2D eigenvalue weighted by Gasteiger charge is -1.96. The van der Waals surface area contributed by atoms with E-state index in [9.17, 15) is 0 Å². The van der Waals surface area contributed by atoms with E-state index in [4.69, 9.17) is 5.73 Å². The number of aromatic nitrogens is 5. The Labute approximate surface area is 68.0 Å². The van der Waals surface area contributed by atoms with Crippen LogP contribution >= 0.6 is 0 Å². The average Bonchev–Trinajstić information content (AvgIpc) is 2.53. The fourth-order valence-corrected chi connectivity index (χ4v) is 0.836. The highest BCUT2D eigenvalue weighted by molar-refractivity contribution is 5.28. The third-order valence-corrected chi connectivity index (χ3v) is 1.36. The maximum atomic E-state index is 5.46. The quantitative estimate of drug-likeness (QED) is 0.619. The minimum absolute atomic E-state index is 0.230. The highest BCUT2D eigenvalue weighted by Crippen LogP contribution is 2.02. The summed E-state index contributed by atoms with van der Waals surface area (Å²) in [6, 6.07) is 5.42. The van der Waals surface area contributed by atoms with Gasteiger partial charge in [-0.3, -0.25) is 0 Å². The summed E-state index contributed by atoms with van der Waals surface area (Å²) in [5.74, 6) is 0.841. The van der Waals surface area contributed by atoms with Crippen molar-refractivity contribution in [2.24, 2.45) is 0 Å². The number of nitrogen functional groups attached to an aromatic ring is 1. The highest BCUT2D eigenvalue weighted by Gasteiger charge is 2.02. The Kier molecular flexibility index (Phi) is 1.44. The number of nitrogens with two attached hydrogens (primary N) is 1. The van der Waals surface area contributed by atoms with Gasteiger partial charge in [0.2, 0.25) is 5.95 Å². The van der Waals surface area contributed by atoms with Gasteiger partial charge in [0.05, 0.1) is 0 Å². The fraction of sp³-hybridized carbons (Fsp3) is 0. The molecule has 2 rings (SSSR count). The van der Waals surface area contributed by atoms with Crippen molar-refractivity contribution in [1.29, 1.82) is 0 Å². The highest BCUT2D eigenvalue weighted by atomic mass is 15.6. The zero-order valence-corrected chi connectivity index (χ0v) is 6.12. The van der Waals surface area contributed by atoms with Crippen molar-refractivity contribution in [3.05, 3.63) is 24.4 Å². The molecular weight excluding hydrogens is 156 g/mol. The topological polar surface area (TPSA) is 82.5 Å². The van der Waals surface area contributed by atoms with Gasteiger partial charge in [-0.15, -0.1) is 0 Å². The van der Waals surface area contributed by atoms with Gasteiger partial charge in [0.25, 0.3) is 0 Å². The van der Waals surface area contributed by atoms with E-state index in [0.717, 1.165) is 0 Å². The van der Waals surface area contributed by atoms with Crippen molar-refractivity contribution in [3.8, 4) is 5.82 Å². The van der Waals surface area contributed by atoms with Gasteiger partial charge in [0.1, 0.15) is 0 Å². The molecule has 2 heterocycles. The van der Waals surface area contributed by atoms with Gasteiger partial charge >= 0.3 is 0 Å². The fourth-order valence-electron chi connectivity index (χ4n) is 0.836. The SMILES string of the molecule is Nc1nnnn1-c1ccccn1. The van der Waals surface area contributed by atoms with Crippen LogP contribution in [0.5, 0.6) is 0 Å². The van der Waals surface area contributed by atoms with E-state index in [-0.39, 0.29) is 5.95 Å². The Morgan fingerprint density at radius 3 is 2.83 bits per heavy atom. The van der Waals surface area contributed by atoms with Crippen LogP contribution in [0.15, 0.2) is 24.4 Å². The monoisotopic (exact) mass is 162 g/mol. The number of hydrogen-bond donors (Lipinski definition) is 1. The molecule has 0 spiro atoms. The Morgan fingerprint density at radius 1 is 1.33 bits per heavy atom. The molecule has 0 fully saturated rings. The Hall–Kier alpha value is -1.98. The zero-order valence-electron chi connectivity index (χ0n) is 6.12. The van der Waals surface area contributed by atoms with Crippen LogP contribution in [0.4, 0.5) is 5.95 Å². The molecule has 60 valence electrons. The molecule has 0 aliphatic carbocycles. The van der Waals surface area contributed by atoms with Crippen LogP contribution in [-0.4, -0.2) is 25.2 Å². The molecule has 0 saturated carbocycles. The summed E-state index contributed by atoms with van der Waals surface area (Å²) >= 11 is 0. The molecule has 0 aromatic carbocycles. The van der Waals surface area contributed by atoms with Crippen molar-refractivity contribution in [2.75, 3.05) is 5.73 Å². The van der Waals surface area contributed by atoms with Crippen molar-refractivity contribution in [1.82, 2.24) is 25.2 Å². The molecule has 0 unspecified atom stereocenters. The standard InChI is InChI=1S/C6H6N6/c7-6-9-10-11-12(6)5-3-1-2-4-8-5/h1-4H,(H2,7,9,11). The minimum atomic E-state index is 0.230. The van der Waals surface area contributed by atoms with Crippen LogP contribution in [0.1, 0.15) is 0 Å². The van der Waals surface area contributed by atoms with Crippen molar-refractivity contribution in [2.45, 2.75) is 0 Å². The van der Waals surface area contributed by atoms with E-state index < -0.39 is 0 Å². The maximum Gasteiger partial charge on any atom is 0.246 e. The number of nitrogens with zero attached hydrogens (tertiary/aromatic N) is 5. The predicted molar refractivity (Wildman–Crippen MR) is 41.4 cm³/mol. The molecule has 0 aliphatic rings. The molecule has 6 heteroatoms. The number of rotatable bonds is 1. The molecule has 0 amide bonds. The summed E-state index contributed by atoms with van der Waals surface area (Å²) in [6.07, 6.45) is 1.65. The van der Waals surface area contributed by atoms with Crippen LogP contribution in [0.3, 0.4) is 0 Å². The second-order valence-corrected chi connectivity index (χ2v) is 2.14. The largest absolute Gasteiger partial charge is 0.366 e. The summed E-state index contributed by atoms with van der Waals surface area (Å²) in [7, 11) is 0. The van der Waals surface area contributed by atoms with Gasteiger partial charge < -0.3 is 5.73 Å². The summed E-state index contributed by atoms with van der Waals surface area (Å²) < 4.78 is 1.36. The van der Waals surface area contributed by atoms with E-state index in [0.29, 0.717) is 5.82 Å². The van der Waals surface area contributed by atoms with Gasteiger partial charge in [-0.05, 0) is 22.6 Å². The zero-order chi connectivity index (χ0) is 8.39. The van der Waals surface area contributed by atoms with Gasteiger partial charge in [-0.2, -0.15) is 4.68 Å². The Balaban J connectivity index is 2.51. The third kappa shape index (κ3) is 0.986. The van der Waals surface area contributed by atoms with Gasteiger partial charge in [-0.25, -0.2) is 4.98 Å². The van der Waals surface area contributed by atoms with Gasteiger partial charge in [0.15, 0.2) is 5.82 Å². The van der Waals surface area contributed by atoms with Crippen molar-refractivity contribution in [3.63, 3.8) is 0 Å². The van der Waals surface area contributed by atoms with E-state index in [1.54, 1.807) is 12.3 Å². The lowest BCUT2D eigenvalue weighted by Crippen LogP contribution is -2.03. The first kappa shape index (κ1) is 6.71. The lowest BCUT2D eigenvalue weighted by atomic mass is 10.5. The van der Waals surface area contributed by atoms with Crippen LogP contribution in [0.25, 0.3) is 5.82 Å². The molecule has 0 radical (unpaired) electrons. The third-order valence-electron chi connectivity index (χ3n) is 1.36. The van der Waals surface area contributed by atoms with Crippen LogP contribution < -0.4 is 5.73 Å². The summed E-state index contributed by atoms with van der Waals surface area (Å²) in [6.45, 7) is 0. The molecule has 2 N–H and O–H groups in total. The molecule has 2 aromatic rings. The first-order valence-corrected chi connectivity index (χ1v) is 3.33. The van der Waals surface area contributed by atoms with E-state index in [1.807, 2.05) is 12.1 Å². The van der Waals surface area contributed by atoms with Gasteiger partial charge in [-0.1, -0.05) is 11.2 Å². The molecule has 0 saturated heterocycles. The van der Waals surface area contributed by atoms with Crippen molar-refractivity contribution < 1.29 is 0 Å². The molecule has 2 aromatic heterocycles. The minimum Gasteiger partial charge on any atom is -0.366 e. The van der Waals surface area contributed by atoms with Crippen LogP contribution in [-0.2, 0) is 0 Å². The maximum absolute atomic E-state index is 5.46. The lowest BCUT2D eigenvalue weighted by molar-refractivity contribution is 0.774. The van der Waals surface area contributed by atoms with E-state index in [2.05, 4.69) is 20.5 Å². The average molecular weight is 162 g/mol. The summed E-state index contributed by atoms with van der Waals surface area (Å²) in [5.41, 5.74) is 5.46. The smallest absolute Gasteiger partial charge is 0.246 e. The first-order chi connectivity index (χ1) is 5.88. The number of anilines is 1. The van der Waals surface area contributed by atoms with Crippen LogP contribution in [0.2, 0.25) is 0 Å². The molecule has 0 bridgehead atoms. The summed E-state index contributed by atoms with van der Waals surface area (Å²) in [4.78, 5) is 4.02. The second-order valence-electron chi connectivity index (χ2n) is 2.14. The number of hydrogen-bond acceptors (Lipinski definition) is 5. The predicted octanol–water partition coefficient (Wildman–Crippen LogP) is -0.361. The second kappa shape index (κ2) is 2.57. The molecule has 0 atom stereocenters. The number of tetrazole rings is 1. The molecule has 12 heavy (non-hydrogen) atoms. The molecular formula is C6H6N6.